The first-order chi connectivity index (χ1) is 9.82. The number of amidine groups is 1. The van der Waals surface area contributed by atoms with Crippen molar-refractivity contribution < 1.29 is 0 Å². The van der Waals surface area contributed by atoms with Crippen LogP contribution in [-0.2, 0) is 0 Å². The van der Waals surface area contributed by atoms with Gasteiger partial charge in [-0.1, -0.05) is 20.8 Å². The van der Waals surface area contributed by atoms with Crippen molar-refractivity contribution >= 4 is 11.7 Å². The van der Waals surface area contributed by atoms with Crippen molar-refractivity contribution in [3.63, 3.8) is 0 Å². The van der Waals surface area contributed by atoms with Crippen molar-refractivity contribution in [1.29, 1.82) is 0 Å². The number of hydrazone groups is 1. The van der Waals surface area contributed by atoms with Crippen LogP contribution in [0.3, 0.4) is 0 Å². The highest BCUT2D eigenvalue weighted by molar-refractivity contribution is 5.95. The van der Waals surface area contributed by atoms with Gasteiger partial charge in [-0.15, -0.1) is 0 Å². The average Bonchev–Trinajstić information content (AvgIpc) is 2.67. The van der Waals surface area contributed by atoms with Gasteiger partial charge in [0.25, 0.3) is 0 Å². The summed E-state index contributed by atoms with van der Waals surface area (Å²) in [7, 11) is 0. The summed E-state index contributed by atoms with van der Waals surface area (Å²) < 4.78 is 0. The zero-order valence-corrected chi connectivity index (χ0v) is 13.0. The molecule has 1 saturated carbocycles. The molecule has 0 unspecified atom stereocenters. The molecular formula is C15H24N6. The van der Waals surface area contributed by atoms with E-state index >= 15 is 0 Å². The van der Waals surface area contributed by atoms with Crippen molar-refractivity contribution in [3.8, 4) is 0 Å². The van der Waals surface area contributed by atoms with Crippen molar-refractivity contribution in [3.05, 3.63) is 18.1 Å². The molecule has 0 aromatic carbocycles. The number of rotatable bonds is 2. The lowest BCUT2D eigenvalue weighted by Gasteiger charge is -2.39. The molecule has 114 valence electrons. The number of hydrogen-bond donors (Lipinski definition) is 2. The van der Waals surface area contributed by atoms with E-state index in [2.05, 4.69) is 40.7 Å². The lowest BCUT2D eigenvalue weighted by atomic mass is 9.65. The summed E-state index contributed by atoms with van der Waals surface area (Å²) >= 11 is 0. The van der Waals surface area contributed by atoms with Crippen LogP contribution >= 0.6 is 0 Å². The quantitative estimate of drug-likeness (QED) is 0.372. The van der Waals surface area contributed by atoms with E-state index in [4.69, 9.17) is 11.6 Å². The van der Waals surface area contributed by atoms with E-state index < -0.39 is 0 Å². The summed E-state index contributed by atoms with van der Waals surface area (Å²) in [6.45, 7) is 8.14. The molecule has 0 radical (unpaired) electrons. The maximum atomic E-state index is 5.74. The molecule has 2 atom stereocenters. The van der Waals surface area contributed by atoms with Gasteiger partial charge in [-0.2, -0.15) is 5.10 Å². The Morgan fingerprint density at radius 1 is 1.33 bits per heavy atom. The minimum absolute atomic E-state index is 0.220. The second kappa shape index (κ2) is 4.58. The molecule has 2 aliphatic rings. The molecule has 3 rings (SSSR count). The number of aromatic nitrogens is 2. The predicted octanol–water partition coefficient (Wildman–Crippen LogP) is 1.46. The fourth-order valence-corrected chi connectivity index (χ4v) is 4.41. The van der Waals surface area contributed by atoms with Gasteiger partial charge in [-0.25, -0.2) is 4.98 Å². The highest BCUT2D eigenvalue weighted by Gasteiger charge is 2.50. The van der Waals surface area contributed by atoms with Gasteiger partial charge in [0.2, 0.25) is 0 Å². The Hall–Kier alpha value is -1.85. The Balaban J connectivity index is 1.92. The number of nitrogens with zero attached hydrogens (tertiary/aromatic N) is 4. The molecule has 0 spiro atoms. The fourth-order valence-electron chi connectivity index (χ4n) is 4.41. The highest BCUT2D eigenvalue weighted by atomic mass is 15.3. The number of hydrogen-bond acceptors (Lipinski definition) is 5. The molecule has 1 aromatic rings. The molecule has 21 heavy (non-hydrogen) atoms. The maximum Gasteiger partial charge on any atom is 0.170 e. The fraction of sp³-hybridized carbons (Fsp3) is 0.667. The Labute approximate surface area is 125 Å². The first-order valence-electron chi connectivity index (χ1n) is 7.44. The minimum atomic E-state index is 0.220. The van der Waals surface area contributed by atoms with E-state index in [1.807, 2.05) is 6.20 Å². The predicted molar refractivity (Wildman–Crippen MR) is 83.8 cm³/mol. The summed E-state index contributed by atoms with van der Waals surface area (Å²) in [5.74, 6) is 6.33. The molecule has 0 amide bonds. The SMILES string of the molecule is CC1(C)C[C@H]2C[C@](C)(CN2c2cncc(/C(N)=N\N)n2)C1. The van der Waals surface area contributed by atoms with Gasteiger partial charge in [0, 0.05) is 12.6 Å². The lowest BCUT2D eigenvalue weighted by molar-refractivity contribution is 0.136. The molecule has 1 aromatic heterocycles. The molecule has 1 aliphatic heterocycles. The van der Waals surface area contributed by atoms with Gasteiger partial charge in [-0.05, 0) is 30.1 Å². The highest BCUT2D eigenvalue weighted by Crippen LogP contribution is 2.53. The Morgan fingerprint density at radius 2 is 2.10 bits per heavy atom. The largest absolute Gasteiger partial charge is 0.380 e. The van der Waals surface area contributed by atoms with Gasteiger partial charge in [0.1, 0.15) is 11.5 Å². The first-order valence-corrected chi connectivity index (χ1v) is 7.44. The van der Waals surface area contributed by atoms with E-state index in [1.54, 1.807) is 6.20 Å². The second-order valence-electron chi connectivity index (χ2n) is 7.62. The Kier molecular flexibility index (Phi) is 3.07. The molecule has 6 heteroatoms. The summed E-state index contributed by atoms with van der Waals surface area (Å²) in [5.41, 5.74) is 7.03. The van der Waals surface area contributed by atoms with E-state index in [1.165, 1.54) is 19.3 Å². The Bertz CT molecular complexity index is 581. The van der Waals surface area contributed by atoms with Crippen molar-refractivity contribution in [2.75, 3.05) is 11.4 Å². The third-order valence-electron chi connectivity index (χ3n) is 4.73. The van der Waals surface area contributed by atoms with Crippen LogP contribution < -0.4 is 16.5 Å². The average molecular weight is 288 g/mol. The van der Waals surface area contributed by atoms with Gasteiger partial charge in [-0.3, -0.25) is 4.98 Å². The maximum absolute atomic E-state index is 5.74. The van der Waals surface area contributed by atoms with Crippen LogP contribution in [0.1, 0.15) is 45.7 Å². The Morgan fingerprint density at radius 3 is 2.81 bits per heavy atom. The van der Waals surface area contributed by atoms with E-state index in [-0.39, 0.29) is 5.84 Å². The van der Waals surface area contributed by atoms with E-state index in [0.29, 0.717) is 22.6 Å². The normalized spacial score (nSPS) is 31.5. The number of nitrogens with two attached hydrogens (primary N) is 2. The third-order valence-corrected chi connectivity index (χ3v) is 4.73. The third kappa shape index (κ3) is 2.54. The number of anilines is 1. The lowest BCUT2D eigenvalue weighted by Crippen LogP contribution is -2.35. The summed E-state index contributed by atoms with van der Waals surface area (Å²) in [5, 5.41) is 3.50. The van der Waals surface area contributed by atoms with Crippen LogP contribution in [0.4, 0.5) is 5.82 Å². The van der Waals surface area contributed by atoms with Crippen molar-refractivity contribution in [2.24, 2.45) is 27.5 Å². The topological polar surface area (TPSA) is 93.4 Å². The standard InChI is InChI=1S/C15H24N6/c1-14(2)4-10-5-15(3,8-14)9-21(10)12-7-18-6-11(19-12)13(16)20-17/h6-7,10H,4-5,8-9,17H2,1-3H3,(H2,16,20)/t10-,15-/m0/s1. The van der Waals surface area contributed by atoms with Crippen LogP contribution in [-0.4, -0.2) is 28.4 Å². The molecule has 2 heterocycles. The van der Waals surface area contributed by atoms with Crippen molar-refractivity contribution in [1.82, 2.24) is 9.97 Å². The van der Waals surface area contributed by atoms with Gasteiger partial charge in [0.05, 0.1) is 12.4 Å². The van der Waals surface area contributed by atoms with Crippen LogP contribution in [0.5, 0.6) is 0 Å². The monoisotopic (exact) mass is 288 g/mol. The summed E-state index contributed by atoms with van der Waals surface area (Å²) in [6, 6.07) is 0.527. The van der Waals surface area contributed by atoms with Gasteiger partial charge < -0.3 is 16.5 Å². The molecule has 4 N–H and O–H groups in total. The van der Waals surface area contributed by atoms with E-state index in [9.17, 15) is 0 Å². The zero-order chi connectivity index (χ0) is 15.3. The van der Waals surface area contributed by atoms with Crippen LogP contribution in [0.15, 0.2) is 17.5 Å². The molecular weight excluding hydrogens is 264 g/mol. The van der Waals surface area contributed by atoms with Gasteiger partial charge >= 0.3 is 0 Å². The molecule has 1 aliphatic carbocycles. The molecule has 1 saturated heterocycles. The second-order valence-corrected chi connectivity index (χ2v) is 7.62. The van der Waals surface area contributed by atoms with Crippen molar-refractivity contribution in [2.45, 2.75) is 46.1 Å². The van der Waals surface area contributed by atoms with Crippen LogP contribution in [0.25, 0.3) is 0 Å². The molecule has 2 fully saturated rings. The van der Waals surface area contributed by atoms with Gasteiger partial charge in [0.15, 0.2) is 5.84 Å². The van der Waals surface area contributed by atoms with E-state index in [0.717, 1.165) is 12.4 Å². The summed E-state index contributed by atoms with van der Waals surface area (Å²) in [6.07, 6.45) is 7.08. The first kappa shape index (κ1) is 14.1. The molecule has 2 bridgehead atoms. The minimum Gasteiger partial charge on any atom is -0.380 e. The summed E-state index contributed by atoms with van der Waals surface area (Å²) in [4.78, 5) is 11.2. The molecule has 6 nitrogen and oxygen atoms in total. The smallest absolute Gasteiger partial charge is 0.170 e. The van der Waals surface area contributed by atoms with Crippen LogP contribution in [0, 0.1) is 10.8 Å². The van der Waals surface area contributed by atoms with Crippen LogP contribution in [0.2, 0.25) is 0 Å². The number of fused-ring (bicyclic) bond motifs is 2. The zero-order valence-electron chi connectivity index (χ0n) is 13.0.